The van der Waals surface area contributed by atoms with E-state index in [0.29, 0.717) is 5.89 Å². The quantitative estimate of drug-likeness (QED) is 0.845. The van der Waals surface area contributed by atoms with E-state index in [9.17, 15) is 0 Å². The normalized spacial score (nSPS) is 18.5. The van der Waals surface area contributed by atoms with Crippen LogP contribution in [0.1, 0.15) is 30.1 Å². The summed E-state index contributed by atoms with van der Waals surface area (Å²) in [5, 5.41) is 4.02. The van der Waals surface area contributed by atoms with E-state index in [0.717, 1.165) is 50.2 Å². The summed E-state index contributed by atoms with van der Waals surface area (Å²) in [5.41, 5.74) is 7.67. The van der Waals surface area contributed by atoms with Crippen LogP contribution in [-0.2, 0) is 24.0 Å². The molecule has 1 aliphatic rings. The van der Waals surface area contributed by atoms with Crippen LogP contribution in [0, 0.1) is 0 Å². The smallest absolute Gasteiger partial charge is 0.226 e. The molecule has 0 radical (unpaired) electrons. The molecule has 0 spiro atoms. The van der Waals surface area contributed by atoms with Crippen molar-refractivity contribution in [1.29, 1.82) is 0 Å². The van der Waals surface area contributed by atoms with E-state index in [2.05, 4.69) is 10.1 Å². The zero-order valence-corrected chi connectivity index (χ0v) is 11.4. The number of anilines is 1. The minimum absolute atomic E-state index is 0.262. The molecule has 106 valence electrons. The van der Waals surface area contributed by atoms with Crippen LogP contribution in [0.25, 0.3) is 0 Å². The number of rotatable bonds is 5. The molecular formula is C15H19N3O2. The SMILES string of the molecule is Nc1ccc(CCc2nc(CC3CCCO3)no2)cc1. The topological polar surface area (TPSA) is 74.2 Å². The lowest BCUT2D eigenvalue weighted by Gasteiger charge is -2.03. The standard InChI is InChI=1S/C15H19N3O2/c16-12-6-3-11(4-7-12)5-8-15-17-14(18-20-15)10-13-2-1-9-19-13/h3-4,6-7,13H,1-2,5,8-10,16H2. The van der Waals surface area contributed by atoms with E-state index in [-0.39, 0.29) is 6.10 Å². The summed E-state index contributed by atoms with van der Waals surface area (Å²) in [7, 11) is 0. The molecule has 1 aliphatic heterocycles. The van der Waals surface area contributed by atoms with Crippen LogP contribution in [0.5, 0.6) is 0 Å². The minimum atomic E-state index is 0.262. The van der Waals surface area contributed by atoms with Crippen molar-refractivity contribution in [2.24, 2.45) is 0 Å². The molecule has 0 saturated carbocycles. The van der Waals surface area contributed by atoms with Gasteiger partial charge in [-0.15, -0.1) is 0 Å². The first kappa shape index (κ1) is 13.1. The molecule has 1 atom stereocenters. The monoisotopic (exact) mass is 273 g/mol. The number of nitrogens with two attached hydrogens (primary N) is 1. The summed E-state index contributed by atoms with van der Waals surface area (Å²) in [5.74, 6) is 1.44. The van der Waals surface area contributed by atoms with Crippen molar-refractivity contribution >= 4 is 5.69 Å². The largest absolute Gasteiger partial charge is 0.399 e. The van der Waals surface area contributed by atoms with Gasteiger partial charge in [0, 0.05) is 25.1 Å². The molecule has 0 aliphatic carbocycles. The first-order chi connectivity index (χ1) is 9.79. The average molecular weight is 273 g/mol. The van der Waals surface area contributed by atoms with Crippen molar-refractivity contribution in [3.8, 4) is 0 Å². The molecule has 2 N–H and O–H groups in total. The molecule has 3 rings (SSSR count). The van der Waals surface area contributed by atoms with Crippen LogP contribution in [0.2, 0.25) is 0 Å². The van der Waals surface area contributed by atoms with Gasteiger partial charge in [-0.25, -0.2) is 0 Å². The lowest BCUT2D eigenvalue weighted by molar-refractivity contribution is 0.109. The fourth-order valence-corrected chi connectivity index (χ4v) is 2.42. The Morgan fingerprint density at radius 2 is 2.05 bits per heavy atom. The molecule has 2 heterocycles. The Morgan fingerprint density at radius 1 is 1.20 bits per heavy atom. The van der Waals surface area contributed by atoms with E-state index >= 15 is 0 Å². The molecule has 0 amide bonds. The molecule has 1 aromatic heterocycles. The van der Waals surface area contributed by atoms with E-state index in [4.69, 9.17) is 15.0 Å². The maximum atomic E-state index is 5.66. The fourth-order valence-electron chi connectivity index (χ4n) is 2.42. The van der Waals surface area contributed by atoms with Crippen molar-refractivity contribution in [1.82, 2.24) is 10.1 Å². The van der Waals surface area contributed by atoms with Gasteiger partial charge >= 0.3 is 0 Å². The Bertz CT molecular complexity index is 545. The highest BCUT2D eigenvalue weighted by molar-refractivity contribution is 5.39. The zero-order valence-electron chi connectivity index (χ0n) is 11.4. The summed E-state index contributed by atoms with van der Waals surface area (Å²) >= 11 is 0. The number of aryl methyl sites for hydroxylation is 2. The van der Waals surface area contributed by atoms with Gasteiger partial charge in [0.1, 0.15) is 0 Å². The van der Waals surface area contributed by atoms with Crippen molar-refractivity contribution in [3.63, 3.8) is 0 Å². The van der Waals surface area contributed by atoms with Crippen molar-refractivity contribution in [2.75, 3.05) is 12.3 Å². The predicted octanol–water partition coefficient (Wildman–Crippen LogP) is 2.16. The lowest BCUT2D eigenvalue weighted by Crippen LogP contribution is -2.09. The Morgan fingerprint density at radius 3 is 2.80 bits per heavy atom. The van der Waals surface area contributed by atoms with Gasteiger partial charge in [0.05, 0.1) is 6.10 Å². The summed E-state index contributed by atoms with van der Waals surface area (Å²) < 4.78 is 10.9. The van der Waals surface area contributed by atoms with Gasteiger partial charge in [-0.05, 0) is 37.0 Å². The molecule has 1 saturated heterocycles. The minimum Gasteiger partial charge on any atom is -0.399 e. The molecule has 5 heteroatoms. The second-order valence-corrected chi connectivity index (χ2v) is 5.19. The molecule has 1 aromatic carbocycles. The number of hydrogen-bond donors (Lipinski definition) is 1. The number of nitrogens with zero attached hydrogens (tertiary/aromatic N) is 2. The molecule has 1 unspecified atom stereocenters. The third kappa shape index (κ3) is 3.36. The Hall–Kier alpha value is -1.88. The van der Waals surface area contributed by atoms with E-state index in [1.807, 2.05) is 24.3 Å². The highest BCUT2D eigenvalue weighted by Crippen LogP contribution is 2.16. The molecule has 2 aromatic rings. The second-order valence-electron chi connectivity index (χ2n) is 5.19. The van der Waals surface area contributed by atoms with Crippen LogP contribution in [0.15, 0.2) is 28.8 Å². The number of hydrogen-bond acceptors (Lipinski definition) is 5. The lowest BCUT2D eigenvalue weighted by atomic mass is 10.1. The van der Waals surface area contributed by atoms with E-state index in [1.54, 1.807) is 0 Å². The average Bonchev–Trinajstić information content (AvgIpc) is 3.11. The van der Waals surface area contributed by atoms with Gasteiger partial charge in [0.15, 0.2) is 5.82 Å². The zero-order chi connectivity index (χ0) is 13.8. The third-order valence-corrected chi connectivity index (χ3v) is 3.55. The van der Waals surface area contributed by atoms with Crippen molar-refractivity contribution in [2.45, 2.75) is 38.2 Å². The highest BCUT2D eigenvalue weighted by Gasteiger charge is 2.18. The third-order valence-electron chi connectivity index (χ3n) is 3.55. The number of ether oxygens (including phenoxy) is 1. The molecule has 0 bridgehead atoms. The summed E-state index contributed by atoms with van der Waals surface area (Å²) in [4.78, 5) is 4.42. The summed E-state index contributed by atoms with van der Waals surface area (Å²) in [6.45, 7) is 0.854. The molecule has 5 nitrogen and oxygen atoms in total. The van der Waals surface area contributed by atoms with Gasteiger partial charge in [-0.1, -0.05) is 17.3 Å². The Kier molecular flexibility index (Phi) is 3.97. The van der Waals surface area contributed by atoms with Crippen molar-refractivity contribution in [3.05, 3.63) is 41.5 Å². The summed E-state index contributed by atoms with van der Waals surface area (Å²) in [6.07, 6.45) is 4.87. The van der Waals surface area contributed by atoms with Crippen LogP contribution in [0.3, 0.4) is 0 Å². The highest BCUT2D eigenvalue weighted by atomic mass is 16.5. The van der Waals surface area contributed by atoms with Gasteiger partial charge in [0.2, 0.25) is 5.89 Å². The maximum absolute atomic E-state index is 5.66. The predicted molar refractivity (Wildman–Crippen MR) is 75.2 cm³/mol. The molecule has 1 fully saturated rings. The number of benzene rings is 1. The van der Waals surface area contributed by atoms with Gasteiger partial charge in [-0.3, -0.25) is 0 Å². The fraction of sp³-hybridized carbons (Fsp3) is 0.467. The molecule has 20 heavy (non-hydrogen) atoms. The summed E-state index contributed by atoms with van der Waals surface area (Å²) in [6, 6.07) is 7.87. The van der Waals surface area contributed by atoms with Crippen LogP contribution < -0.4 is 5.73 Å². The van der Waals surface area contributed by atoms with Crippen LogP contribution >= 0.6 is 0 Å². The molecular weight excluding hydrogens is 254 g/mol. The number of nitrogen functional groups attached to an aromatic ring is 1. The van der Waals surface area contributed by atoms with E-state index < -0.39 is 0 Å². The maximum Gasteiger partial charge on any atom is 0.226 e. The first-order valence-electron chi connectivity index (χ1n) is 7.07. The second kappa shape index (κ2) is 6.05. The van der Waals surface area contributed by atoms with Crippen molar-refractivity contribution < 1.29 is 9.26 Å². The van der Waals surface area contributed by atoms with E-state index in [1.165, 1.54) is 5.56 Å². The van der Waals surface area contributed by atoms with Crippen LogP contribution in [-0.4, -0.2) is 22.9 Å². The van der Waals surface area contributed by atoms with Crippen LogP contribution in [0.4, 0.5) is 5.69 Å². The first-order valence-corrected chi connectivity index (χ1v) is 7.07. The van der Waals surface area contributed by atoms with Gasteiger partial charge in [0.25, 0.3) is 0 Å². The Labute approximate surface area is 118 Å². The van der Waals surface area contributed by atoms with Gasteiger partial charge in [-0.2, -0.15) is 4.98 Å². The Balaban J connectivity index is 1.52. The number of aromatic nitrogens is 2. The van der Waals surface area contributed by atoms with Gasteiger partial charge < -0.3 is 15.0 Å².